The van der Waals surface area contributed by atoms with Crippen molar-refractivity contribution in [2.75, 3.05) is 19.0 Å². The van der Waals surface area contributed by atoms with Crippen LogP contribution in [0.3, 0.4) is 0 Å². The summed E-state index contributed by atoms with van der Waals surface area (Å²) in [5.74, 6) is 1.32. The summed E-state index contributed by atoms with van der Waals surface area (Å²) in [6, 6.07) is 5.69. The zero-order chi connectivity index (χ0) is 14.3. The molecule has 0 aromatic heterocycles. The molecule has 0 amide bonds. The first-order chi connectivity index (χ1) is 8.99. The third-order valence-corrected chi connectivity index (χ3v) is 3.72. The summed E-state index contributed by atoms with van der Waals surface area (Å²) >= 11 is 0. The lowest BCUT2D eigenvalue weighted by atomic mass is 10.3. The molecule has 0 aliphatic rings. The fourth-order valence-corrected chi connectivity index (χ4v) is 2.42. The molecule has 5 nitrogen and oxygen atoms in total. The van der Waals surface area contributed by atoms with E-state index in [-0.39, 0.29) is 18.1 Å². The van der Waals surface area contributed by atoms with Crippen LogP contribution in [-0.2, 0) is 19.4 Å². The van der Waals surface area contributed by atoms with Crippen molar-refractivity contribution in [1.82, 2.24) is 0 Å². The Morgan fingerprint density at radius 2 is 1.95 bits per heavy atom. The van der Waals surface area contributed by atoms with Gasteiger partial charge >= 0.3 is 5.97 Å². The SMILES string of the molecule is C#CCOc1ccc(S(=O)(=O)CC(=O)OCC)cc1. The summed E-state index contributed by atoms with van der Waals surface area (Å²) < 4.78 is 33.5. The van der Waals surface area contributed by atoms with Gasteiger partial charge in [0.15, 0.2) is 15.6 Å². The second kappa shape index (κ2) is 6.81. The summed E-state index contributed by atoms with van der Waals surface area (Å²) in [5, 5.41) is 0. The normalized spacial score (nSPS) is 10.5. The zero-order valence-corrected chi connectivity index (χ0v) is 11.3. The molecular weight excluding hydrogens is 268 g/mol. The summed E-state index contributed by atoms with van der Waals surface area (Å²) in [6.45, 7) is 1.87. The van der Waals surface area contributed by atoms with E-state index in [0.717, 1.165) is 0 Å². The number of carbonyl (C=O) groups is 1. The standard InChI is InChI=1S/C13H14O5S/c1-3-9-18-11-5-7-12(8-6-11)19(15,16)10-13(14)17-4-2/h1,5-8H,4,9-10H2,2H3. The molecule has 0 bridgehead atoms. The van der Waals surface area contributed by atoms with Gasteiger partial charge in [0, 0.05) is 0 Å². The minimum absolute atomic E-state index is 0.0358. The van der Waals surface area contributed by atoms with Crippen LogP contribution in [0, 0.1) is 12.3 Å². The lowest BCUT2D eigenvalue weighted by molar-refractivity contribution is -0.139. The molecular formula is C13H14O5S. The van der Waals surface area contributed by atoms with Crippen molar-refractivity contribution in [2.24, 2.45) is 0 Å². The lowest BCUT2D eigenvalue weighted by Crippen LogP contribution is -2.18. The van der Waals surface area contributed by atoms with Gasteiger partial charge in [0.2, 0.25) is 0 Å². The summed E-state index contributed by atoms with van der Waals surface area (Å²) in [5.41, 5.74) is 0. The molecule has 1 aromatic rings. The first kappa shape index (κ1) is 15.1. The van der Waals surface area contributed by atoms with Crippen molar-refractivity contribution in [1.29, 1.82) is 0 Å². The Hall–Kier alpha value is -2.00. The zero-order valence-electron chi connectivity index (χ0n) is 10.5. The number of hydrogen-bond acceptors (Lipinski definition) is 5. The molecule has 0 heterocycles. The number of terminal acetylenes is 1. The fourth-order valence-electron chi connectivity index (χ4n) is 1.31. The summed E-state index contributed by atoms with van der Waals surface area (Å²) in [6.07, 6.45) is 5.04. The number of carbonyl (C=O) groups excluding carboxylic acids is 1. The Morgan fingerprint density at radius 1 is 1.32 bits per heavy atom. The molecule has 1 rings (SSSR count). The van der Waals surface area contributed by atoms with Crippen LogP contribution >= 0.6 is 0 Å². The number of esters is 1. The maximum atomic E-state index is 11.9. The average molecular weight is 282 g/mol. The molecule has 0 aliphatic carbocycles. The van der Waals surface area contributed by atoms with Gasteiger partial charge in [-0.1, -0.05) is 5.92 Å². The molecule has 6 heteroatoms. The van der Waals surface area contributed by atoms with Crippen LogP contribution in [-0.4, -0.2) is 33.4 Å². The second-order valence-corrected chi connectivity index (χ2v) is 5.52. The Labute approximate surface area is 112 Å². The molecule has 0 saturated carbocycles. The molecule has 1 aromatic carbocycles. The van der Waals surface area contributed by atoms with Crippen LogP contribution in [0.1, 0.15) is 6.92 Å². The number of rotatable bonds is 6. The van der Waals surface area contributed by atoms with E-state index in [1.165, 1.54) is 24.3 Å². The monoisotopic (exact) mass is 282 g/mol. The number of hydrogen-bond donors (Lipinski definition) is 0. The molecule has 0 spiro atoms. The van der Waals surface area contributed by atoms with Crippen LogP contribution in [0.5, 0.6) is 5.75 Å². The van der Waals surface area contributed by atoms with E-state index < -0.39 is 21.6 Å². The fraction of sp³-hybridized carbons (Fsp3) is 0.308. The predicted octanol–water partition coefficient (Wildman–Crippen LogP) is 1.04. The number of sulfone groups is 1. The number of benzene rings is 1. The minimum atomic E-state index is -3.69. The van der Waals surface area contributed by atoms with Gasteiger partial charge in [0.05, 0.1) is 11.5 Å². The highest BCUT2D eigenvalue weighted by Crippen LogP contribution is 2.17. The van der Waals surface area contributed by atoms with E-state index >= 15 is 0 Å². The third-order valence-electron chi connectivity index (χ3n) is 2.12. The Morgan fingerprint density at radius 3 is 2.47 bits per heavy atom. The van der Waals surface area contributed by atoms with Gasteiger partial charge in [0.1, 0.15) is 12.4 Å². The summed E-state index contributed by atoms with van der Waals surface area (Å²) in [7, 11) is -3.69. The van der Waals surface area contributed by atoms with E-state index in [0.29, 0.717) is 5.75 Å². The Bertz CT molecular complexity index is 566. The Kier molecular flexibility index (Phi) is 5.39. The second-order valence-electron chi connectivity index (χ2n) is 3.53. The maximum Gasteiger partial charge on any atom is 0.321 e. The van der Waals surface area contributed by atoms with Gasteiger partial charge in [-0.2, -0.15) is 0 Å². The molecule has 0 aliphatic heterocycles. The molecule has 19 heavy (non-hydrogen) atoms. The molecule has 0 unspecified atom stereocenters. The van der Waals surface area contributed by atoms with E-state index in [1.54, 1.807) is 6.92 Å². The largest absolute Gasteiger partial charge is 0.481 e. The lowest BCUT2D eigenvalue weighted by Gasteiger charge is -2.06. The molecule has 0 atom stereocenters. The van der Waals surface area contributed by atoms with Crippen LogP contribution in [0.4, 0.5) is 0 Å². The van der Waals surface area contributed by atoms with Crippen molar-refractivity contribution in [2.45, 2.75) is 11.8 Å². The smallest absolute Gasteiger partial charge is 0.321 e. The topological polar surface area (TPSA) is 69.7 Å². The van der Waals surface area contributed by atoms with Crippen molar-refractivity contribution in [3.63, 3.8) is 0 Å². The van der Waals surface area contributed by atoms with E-state index in [2.05, 4.69) is 10.7 Å². The van der Waals surface area contributed by atoms with Gasteiger partial charge in [-0.15, -0.1) is 6.42 Å². The molecule has 0 saturated heterocycles. The van der Waals surface area contributed by atoms with Crippen LogP contribution < -0.4 is 4.74 Å². The van der Waals surface area contributed by atoms with Gasteiger partial charge in [-0.05, 0) is 31.2 Å². The summed E-state index contributed by atoms with van der Waals surface area (Å²) in [4.78, 5) is 11.2. The highest BCUT2D eigenvalue weighted by atomic mass is 32.2. The first-order valence-corrected chi connectivity index (χ1v) is 7.19. The van der Waals surface area contributed by atoms with Crippen LogP contribution in [0.2, 0.25) is 0 Å². The van der Waals surface area contributed by atoms with Gasteiger partial charge in [-0.3, -0.25) is 4.79 Å². The maximum absolute atomic E-state index is 11.9. The minimum Gasteiger partial charge on any atom is -0.481 e. The van der Waals surface area contributed by atoms with E-state index in [1.807, 2.05) is 0 Å². The van der Waals surface area contributed by atoms with Crippen LogP contribution in [0.15, 0.2) is 29.2 Å². The van der Waals surface area contributed by atoms with E-state index in [9.17, 15) is 13.2 Å². The van der Waals surface area contributed by atoms with Crippen molar-refractivity contribution in [3.8, 4) is 18.1 Å². The van der Waals surface area contributed by atoms with Crippen molar-refractivity contribution < 1.29 is 22.7 Å². The molecule has 0 N–H and O–H groups in total. The molecule has 0 fully saturated rings. The van der Waals surface area contributed by atoms with Crippen molar-refractivity contribution in [3.05, 3.63) is 24.3 Å². The number of ether oxygens (including phenoxy) is 2. The quantitative estimate of drug-likeness (QED) is 0.576. The Balaban J connectivity index is 2.79. The predicted molar refractivity (Wildman–Crippen MR) is 69.5 cm³/mol. The van der Waals surface area contributed by atoms with Crippen molar-refractivity contribution >= 4 is 15.8 Å². The van der Waals surface area contributed by atoms with Gasteiger partial charge < -0.3 is 9.47 Å². The molecule has 102 valence electrons. The molecule has 0 radical (unpaired) electrons. The average Bonchev–Trinajstić information content (AvgIpc) is 2.36. The van der Waals surface area contributed by atoms with Gasteiger partial charge in [-0.25, -0.2) is 8.42 Å². The van der Waals surface area contributed by atoms with Gasteiger partial charge in [0.25, 0.3) is 0 Å². The highest BCUT2D eigenvalue weighted by molar-refractivity contribution is 7.92. The van der Waals surface area contributed by atoms with Crippen LogP contribution in [0.25, 0.3) is 0 Å². The first-order valence-electron chi connectivity index (χ1n) is 5.54. The van der Waals surface area contributed by atoms with E-state index in [4.69, 9.17) is 11.2 Å². The third kappa shape index (κ3) is 4.64. The highest BCUT2D eigenvalue weighted by Gasteiger charge is 2.20.